The van der Waals surface area contributed by atoms with E-state index in [0.717, 1.165) is 36.0 Å². The fourth-order valence-electron chi connectivity index (χ4n) is 3.17. The van der Waals surface area contributed by atoms with E-state index >= 15 is 0 Å². The monoisotopic (exact) mass is 344 g/mol. The molecule has 1 saturated heterocycles. The van der Waals surface area contributed by atoms with Gasteiger partial charge in [-0.3, -0.25) is 4.90 Å². The van der Waals surface area contributed by atoms with Crippen LogP contribution >= 0.6 is 0 Å². The zero-order valence-electron chi connectivity index (χ0n) is 14.8. The summed E-state index contributed by atoms with van der Waals surface area (Å²) in [4.78, 5) is 27.7. The second-order valence-electron chi connectivity index (χ2n) is 6.24. The number of aryl methyl sites for hydroxylation is 1. The largest absolute Gasteiger partial charge is 0.450 e. The van der Waals surface area contributed by atoms with E-state index in [-0.39, 0.29) is 11.7 Å². The highest BCUT2D eigenvalue weighted by molar-refractivity contribution is 5.80. The number of amides is 1. The number of hydrogen-bond acceptors (Lipinski definition) is 5. The fraction of sp³-hybridized carbons (Fsp3) is 0.474. The van der Waals surface area contributed by atoms with Crippen LogP contribution in [0.4, 0.5) is 4.79 Å². The highest BCUT2D eigenvalue weighted by atomic mass is 16.6. The molecular formula is C19H24N2O4. The summed E-state index contributed by atoms with van der Waals surface area (Å²) in [5.41, 5.74) is 2.45. The van der Waals surface area contributed by atoms with E-state index in [1.807, 2.05) is 19.1 Å². The third-order valence-electron chi connectivity index (χ3n) is 4.60. The van der Waals surface area contributed by atoms with Crippen molar-refractivity contribution in [2.75, 3.05) is 32.8 Å². The number of hydrogen-bond donors (Lipinski definition) is 0. The molecular weight excluding hydrogens is 320 g/mol. The zero-order chi connectivity index (χ0) is 17.8. The van der Waals surface area contributed by atoms with Crippen molar-refractivity contribution in [2.24, 2.45) is 0 Å². The van der Waals surface area contributed by atoms with Gasteiger partial charge in [-0.05, 0) is 30.5 Å². The molecule has 0 radical (unpaired) electrons. The molecule has 1 amide bonds. The van der Waals surface area contributed by atoms with Crippen molar-refractivity contribution in [1.82, 2.24) is 9.80 Å². The van der Waals surface area contributed by atoms with Crippen molar-refractivity contribution in [3.05, 3.63) is 45.8 Å². The maximum absolute atomic E-state index is 11.9. The van der Waals surface area contributed by atoms with E-state index in [4.69, 9.17) is 9.15 Å². The van der Waals surface area contributed by atoms with Crippen LogP contribution in [0.1, 0.15) is 25.0 Å². The molecule has 1 aromatic heterocycles. The van der Waals surface area contributed by atoms with Gasteiger partial charge in [0.25, 0.3) is 0 Å². The molecule has 2 aromatic rings. The smallest absolute Gasteiger partial charge is 0.409 e. The van der Waals surface area contributed by atoms with E-state index in [9.17, 15) is 9.59 Å². The Hall–Kier alpha value is -2.34. The van der Waals surface area contributed by atoms with Crippen LogP contribution in [-0.4, -0.2) is 48.7 Å². The van der Waals surface area contributed by atoms with Gasteiger partial charge in [-0.1, -0.05) is 19.1 Å². The predicted molar refractivity (Wildman–Crippen MR) is 95.7 cm³/mol. The van der Waals surface area contributed by atoms with Crippen LogP contribution in [0, 0.1) is 0 Å². The molecule has 6 heteroatoms. The Bertz CT molecular complexity index is 807. The van der Waals surface area contributed by atoms with Gasteiger partial charge in [-0.15, -0.1) is 0 Å². The first kappa shape index (κ1) is 17.5. The summed E-state index contributed by atoms with van der Waals surface area (Å²) in [5, 5.41) is 0.977. The highest BCUT2D eigenvalue weighted by Gasteiger charge is 2.22. The van der Waals surface area contributed by atoms with Crippen LogP contribution in [0.3, 0.4) is 0 Å². The van der Waals surface area contributed by atoms with Gasteiger partial charge in [-0.25, -0.2) is 9.59 Å². The molecule has 3 rings (SSSR count). The lowest BCUT2D eigenvalue weighted by molar-refractivity contribution is 0.0779. The molecule has 1 aliphatic rings. The molecule has 0 aliphatic carbocycles. The zero-order valence-corrected chi connectivity index (χ0v) is 14.8. The van der Waals surface area contributed by atoms with Crippen molar-refractivity contribution < 1.29 is 13.9 Å². The molecule has 6 nitrogen and oxygen atoms in total. The first-order valence-corrected chi connectivity index (χ1v) is 8.80. The summed E-state index contributed by atoms with van der Waals surface area (Å²) < 4.78 is 10.4. The molecule has 2 heterocycles. The summed E-state index contributed by atoms with van der Waals surface area (Å²) in [7, 11) is 0. The molecule has 1 aliphatic heterocycles. The van der Waals surface area contributed by atoms with Crippen molar-refractivity contribution in [2.45, 2.75) is 26.8 Å². The summed E-state index contributed by atoms with van der Waals surface area (Å²) >= 11 is 0. The third kappa shape index (κ3) is 4.02. The van der Waals surface area contributed by atoms with Crippen LogP contribution in [-0.2, 0) is 17.7 Å². The standard InChI is InChI=1S/C19H24N2O4/c1-3-14-5-6-16-15(12-18(22)25-17(16)11-14)13-20-7-9-21(10-8-20)19(23)24-4-2/h5-6,11-12H,3-4,7-10,13H2,1-2H3. The molecule has 0 N–H and O–H groups in total. The molecule has 0 unspecified atom stereocenters. The number of carbonyl (C=O) groups excluding carboxylic acids is 1. The van der Waals surface area contributed by atoms with Gasteiger partial charge in [0.1, 0.15) is 5.58 Å². The highest BCUT2D eigenvalue weighted by Crippen LogP contribution is 2.21. The minimum absolute atomic E-state index is 0.250. The van der Waals surface area contributed by atoms with Crippen molar-refractivity contribution in [1.29, 1.82) is 0 Å². The average Bonchev–Trinajstić information content (AvgIpc) is 2.61. The summed E-state index contributed by atoms with van der Waals surface area (Å²) in [6, 6.07) is 7.62. The number of piperazine rings is 1. The lowest BCUT2D eigenvalue weighted by atomic mass is 10.1. The van der Waals surface area contributed by atoms with E-state index in [1.165, 1.54) is 0 Å². The van der Waals surface area contributed by atoms with Crippen LogP contribution in [0.25, 0.3) is 11.0 Å². The molecule has 1 fully saturated rings. The number of carbonyl (C=O) groups is 1. The Labute approximate surface area is 147 Å². The van der Waals surface area contributed by atoms with E-state index in [0.29, 0.717) is 31.8 Å². The van der Waals surface area contributed by atoms with Gasteiger partial charge in [0, 0.05) is 44.2 Å². The van der Waals surface area contributed by atoms with Crippen molar-refractivity contribution in [3.63, 3.8) is 0 Å². The third-order valence-corrected chi connectivity index (χ3v) is 4.60. The maximum Gasteiger partial charge on any atom is 0.409 e. The van der Waals surface area contributed by atoms with Gasteiger partial charge in [-0.2, -0.15) is 0 Å². The topological polar surface area (TPSA) is 63.0 Å². The summed E-state index contributed by atoms with van der Waals surface area (Å²) in [5.74, 6) is 0. The quantitative estimate of drug-likeness (QED) is 0.798. The normalized spacial score (nSPS) is 15.5. The van der Waals surface area contributed by atoms with Crippen LogP contribution in [0.5, 0.6) is 0 Å². The SMILES string of the molecule is CCOC(=O)N1CCN(Cc2cc(=O)oc3cc(CC)ccc23)CC1. The number of benzene rings is 1. The number of fused-ring (bicyclic) bond motifs is 1. The van der Waals surface area contributed by atoms with Crippen molar-refractivity contribution in [3.8, 4) is 0 Å². The molecule has 0 bridgehead atoms. The lowest BCUT2D eigenvalue weighted by Gasteiger charge is -2.34. The number of nitrogens with zero attached hydrogens (tertiary/aromatic N) is 2. The Morgan fingerprint density at radius 3 is 2.60 bits per heavy atom. The van der Waals surface area contributed by atoms with Crippen LogP contribution < -0.4 is 5.63 Å². The summed E-state index contributed by atoms with van der Waals surface area (Å²) in [6.07, 6.45) is 0.653. The Morgan fingerprint density at radius 1 is 1.16 bits per heavy atom. The minimum Gasteiger partial charge on any atom is -0.450 e. The summed E-state index contributed by atoms with van der Waals surface area (Å²) in [6.45, 7) is 7.74. The molecule has 25 heavy (non-hydrogen) atoms. The van der Waals surface area contributed by atoms with E-state index in [2.05, 4.69) is 17.9 Å². The maximum atomic E-state index is 11.9. The number of ether oxygens (including phenoxy) is 1. The number of rotatable bonds is 4. The van der Waals surface area contributed by atoms with Gasteiger partial charge in [0.15, 0.2) is 0 Å². The molecule has 0 atom stereocenters. The van der Waals surface area contributed by atoms with E-state index in [1.54, 1.807) is 11.0 Å². The Balaban J connectivity index is 1.73. The van der Waals surface area contributed by atoms with Gasteiger partial charge >= 0.3 is 11.7 Å². The average molecular weight is 344 g/mol. The predicted octanol–water partition coefficient (Wildman–Crippen LogP) is 2.63. The fourth-order valence-corrected chi connectivity index (χ4v) is 3.17. The Kier molecular flexibility index (Phi) is 5.38. The second kappa shape index (κ2) is 7.70. The van der Waals surface area contributed by atoms with Crippen LogP contribution in [0.2, 0.25) is 0 Å². The van der Waals surface area contributed by atoms with Gasteiger partial charge < -0.3 is 14.1 Å². The van der Waals surface area contributed by atoms with E-state index < -0.39 is 0 Å². The van der Waals surface area contributed by atoms with Gasteiger partial charge in [0.2, 0.25) is 0 Å². The molecule has 134 valence electrons. The first-order valence-electron chi connectivity index (χ1n) is 8.80. The molecule has 0 saturated carbocycles. The Morgan fingerprint density at radius 2 is 1.92 bits per heavy atom. The molecule has 1 aromatic carbocycles. The lowest BCUT2D eigenvalue weighted by Crippen LogP contribution is -2.48. The van der Waals surface area contributed by atoms with Crippen LogP contribution in [0.15, 0.2) is 33.5 Å². The first-order chi connectivity index (χ1) is 12.1. The second-order valence-corrected chi connectivity index (χ2v) is 6.24. The van der Waals surface area contributed by atoms with Gasteiger partial charge in [0.05, 0.1) is 6.61 Å². The molecule has 0 spiro atoms. The van der Waals surface area contributed by atoms with Crippen molar-refractivity contribution >= 4 is 17.1 Å². The minimum atomic E-state index is -0.319.